The minimum absolute atomic E-state index is 0.136. The minimum atomic E-state index is -2.81. The lowest BCUT2D eigenvalue weighted by Crippen LogP contribution is -2.13. The summed E-state index contributed by atoms with van der Waals surface area (Å²) in [6, 6.07) is 12.3. The highest BCUT2D eigenvalue weighted by atomic mass is 19.3. The van der Waals surface area contributed by atoms with E-state index in [-0.39, 0.29) is 11.8 Å². The number of ether oxygens (including phenoxy) is 1. The fraction of sp³-hybridized carbons (Fsp3) is 0.250. The Kier molecular flexibility index (Phi) is 4.35. The van der Waals surface area contributed by atoms with E-state index >= 15 is 0 Å². The fourth-order valence-electron chi connectivity index (χ4n) is 2.13. The first-order valence-corrected chi connectivity index (χ1v) is 6.35. The normalized spacial score (nSPS) is 12.5. The summed E-state index contributed by atoms with van der Waals surface area (Å²) in [5, 5.41) is 0. The number of halogens is 2. The van der Waals surface area contributed by atoms with Crippen LogP contribution in [-0.2, 0) is 0 Å². The van der Waals surface area contributed by atoms with E-state index in [1.165, 1.54) is 12.1 Å². The number of rotatable bonds is 4. The highest BCUT2D eigenvalue weighted by Crippen LogP contribution is 2.25. The average Bonchev–Trinajstić information content (AvgIpc) is 2.41. The zero-order chi connectivity index (χ0) is 14.7. The summed E-state index contributed by atoms with van der Waals surface area (Å²) in [7, 11) is 0. The molecule has 2 N–H and O–H groups in total. The topological polar surface area (TPSA) is 35.2 Å². The third-order valence-corrected chi connectivity index (χ3v) is 3.23. The molecule has 2 aromatic carbocycles. The molecule has 2 rings (SSSR count). The maximum atomic E-state index is 12.1. The molecule has 0 aliphatic carbocycles. The molecule has 2 aromatic rings. The molecule has 0 heterocycles. The Bertz CT molecular complexity index is 582. The monoisotopic (exact) mass is 277 g/mol. The molecular formula is C16H17F2NO. The molecule has 0 fully saturated rings. The van der Waals surface area contributed by atoms with E-state index in [0.717, 1.165) is 22.3 Å². The summed E-state index contributed by atoms with van der Waals surface area (Å²) >= 11 is 0. The van der Waals surface area contributed by atoms with Gasteiger partial charge in [0.15, 0.2) is 0 Å². The van der Waals surface area contributed by atoms with E-state index in [1.54, 1.807) is 12.1 Å². The number of hydrogen-bond acceptors (Lipinski definition) is 2. The van der Waals surface area contributed by atoms with Crippen molar-refractivity contribution in [2.45, 2.75) is 26.5 Å². The van der Waals surface area contributed by atoms with Gasteiger partial charge in [-0.25, -0.2) is 0 Å². The van der Waals surface area contributed by atoms with Crippen LogP contribution in [0.25, 0.3) is 0 Å². The number of alkyl halides is 2. The SMILES string of the molecule is Cc1ccc(C)c(C(N)c2ccc(OC(F)F)cc2)c1. The van der Waals surface area contributed by atoms with Crippen LogP contribution in [0.5, 0.6) is 5.75 Å². The van der Waals surface area contributed by atoms with Gasteiger partial charge in [-0.05, 0) is 42.7 Å². The standard InChI is InChI=1S/C16H17F2NO/c1-10-3-4-11(2)14(9-10)15(19)12-5-7-13(8-6-12)20-16(17)18/h3-9,15-16H,19H2,1-2H3. The molecule has 0 radical (unpaired) electrons. The predicted octanol–water partition coefficient (Wildman–Crippen LogP) is 3.95. The van der Waals surface area contributed by atoms with Gasteiger partial charge in [-0.3, -0.25) is 0 Å². The van der Waals surface area contributed by atoms with Crippen LogP contribution < -0.4 is 10.5 Å². The molecule has 0 amide bonds. The van der Waals surface area contributed by atoms with E-state index in [0.29, 0.717) is 0 Å². The molecule has 20 heavy (non-hydrogen) atoms. The van der Waals surface area contributed by atoms with Gasteiger partial charge in [0.05, 0.1) is 6.04 Å². The smallest absolute Gasteiger partial charge is 0.387 e. The van der Waals surface area contributed by atoms with Crippen LogP contribution in [0.3, 0.4) is 0 Å². The molecule has 0 bridgehead atoms. The van der Waals surface area contributed by atoms with Gasteiger partial charge in [-0.2, -0.15) is 8.78 Å². The second-order valence-electron chi connectivity index (χ2n) is 4.79. The highest BCUT2D eigenvalue weighted by molar-refractivity contribution is 5.40. The molecular weight excluding hydrogens is 260 g/mol. The van der Waals surface area contributed by atoms with Crippen LogP contribution in [0.15, 0.2) is 42.5 Å². The van der Waals surface area contributed by atoms with Gasteiger partial charge in [-0.15, -0.1) is 0 Å². The molecule has 0 aliphatic heterocycles. The van der Waals surface area contributed by atoms with Gasteiger partial charge in [0.2, 0.25) is 0 Å². The second-order valence-corrected chi connectivity index (χ2v) is 4.79. The zero-order valence-electron chi connectivity index (χ0n) is 11.4. The van der Waals surface area contributed by atoms with Gasteiger partial charge in [0, 0.05) is 0 Å². The first-order valence-electron chi connectivity index (χ1n) is 6.35. The quantitative estimate of drug-likeness (QED) is 0.918. The van der Waals surface area contributed by atoms with Gasteiger partial charge in [0.1, 0.15) is 5.75 Å². The van der Waals surface area contributed by atoms with Crippen molar-refractivity contribution in [1.82, 2.24) is 0 Å². The second kappa shape index (κ2) is 6.01. The Morgan fingerprint density at radius 1 is 1.00 bits per heavy atom. The Morgan fingerprint density at radius 3 is 2.25 bits per heavy atom. The molecule has 0 saturated carbocycles. The van der Waals surface area contributed by atoms with E-state index in [9.17, 15) is 8.78 Å². The molecule has 0 aromatic heterocycles. The van der Waals surface area contributed by atoms with Gasteiger partial charge < -0.3 is 10.5 Å². The lowest BCUT2D eigenvalue weighted by molar-refractivity contribution is -0.0498. The van der Waals surface area contributed by atoms with Crippen molar-refractivity contribution < 1.29 is 13.5 Å². The molecule has 0 saturated heterocycles. The maximum Gasteiger partial charge on any atom is 0.387 e. The van der Waals surface area contributed by atoms with Crippen molar-refractivity contribution >= 4 is 0 Å². The van der Waals surface area contributed by atoms with Crippen LogP contribution in [0.1, 0.15) is 28.3 Å². The first-order chi connectivity index (χ1) is 9.47. The first kappa shape index (κ1) is 14.5. The Balaban J connectivity index is 2.24. The minimum Gasteiger partial charge on any atom is -0.435 e. The van der Waals surface area contributed by atoms with Gasteiger partial charge >= 0.3 is 6.61 Å². The van der Waals surface area contributed by atoms with E-state index < -0.39 is 6.61 Å². The number of nitrogens with two attached hydrogens (primary N) is 1. The number of benzene rings is 2. The van der Waals surface area contributed by atoms with Crippen LogP contribution >= 0.6 is 0 Å². The average molecular weight is 277 g/mol. The number of hydrogen-bond donors (Lipinski definition) is 1. The largest absolute Gasteiger partial charge is 0.435 e. The van der Waals surface area contributed by atoms with Crippen LogP contribution in [-0.4, -0.2) is 6.61 Å². The van der Waals surface area contributed by atoms with Crippen molar-refractivity contribution in [3.63, 3.8) is 0 Å². The molecule has 0 spiro atoms. The van der Waals surface area contributed by atoms with E-state index in [4.69, 9.17) is 5.73 Å². The lowest BCUT2D eigenvalue weighted by atomic mass is 9.94. The molecule has 1 atom stereocenters. The van der Waals surface area contributed by atoms with Crippen molar-refractivity contribution in [1.29, 1.82) is 0 Å². The zero-order valence-corrected chi connectivity index (χ0v) is 11.4. The summed E-state index contributed by atoms with van der Waals surface area (Å²) in [6.07, 6.45) is 0. The molecule has 1 unspecified atom stereocenters. The molecule has 0 aliphatic rings. The van der Waals surface area contributed by atoms with Gasteiger partial charge in [0.25, 0.3) is 0 Å². The van der Waals surface area contributed by atoms with Crippen molar-refractivity contribution in [3.8, 4) is 5.75 Å². The summed E-state index contributed by atoms with van der Waals surface area (Å²) < 4.78 is 28.5. The lowest BCUT2D eigenvalue weighted by Gasteiger charge is -2.16. The van der Waals surface area contributed by atoms with Crippen LogP contribution in [0.4, 0.5) is 8.78 Å². The predicted molar refractivity (Wildman–Crippen MR) is 75.0 cm³/mol. The third-order valence-electron chi connectivity index (χ3n) is 3.23. The summed E-state index contributed by atoms with van der Waals surface area (Å²) in [6.45, 7) is 1.20. The fourth-order valence-corrected chi connectivity index (χ4v) is 2.13. The molecule has 2 nitrogen and oxygen atoms in total. The van der Waals surface area contributed by atoms with E-state index in [2.05, 4.69) is 4.74 Å². The highest BCUT2D eigenvalue weighted by Gasteiger charge is 2.12. The maximum absolute atomic E-state index is 12.1. The summed E-state index contributed by atoms with van der Waals surface area (Å²) in [5.41, 5.74) is 10.4. The number of aryl methyl sites for hydroxylation is 2. The summed E-state index contributed by atoms with van der Waals surface area (Å²) in [4.78, 5) is 0. The van der Waals surface area contributed by atoms with Crippen molar-refractivity contribution in [3.05, 3.63) is 64.7 Å². The Labute approximate surface area is 117 Å². The Morgan fingerprint density at radius 2 is 1.65 bits per heavy atom. The molecule has 4 heteroatoms. The third kappa shape index (κ3) is 3.33. The van der Waals surface area contributed by atoms with Crippen LogP contribution in [0.2, 0.25) is 0 Å². The van der Waals surface area contributed by atoms with Crippen molar-refractivity contribution in [2.24, 2.45) is 5.73 Å². The van der Waals surface area contributed by atoms with Gasteiger partial charge in [-0.1, -0.05) is 35.9 Å². The molecule has 106 valence electrons. The summed E-state index contributed by atoms with van der Waals surface area (Å²) in [5.74, 6) is 0.136. The van der Waals surface area contributed by atoms with E-state index in [1.807, 2.05) is 32.0 Å². The van der Waals surface area contributed by atoms with Crippen molar-refractivity contribution in [2.75, 3.05) is 0 Å². The van der Waals surface area contributed by atoms with Crippen LogP contribution in [0, 0.1) is 13.8 Å². The Hall–Kier alpha value is -1.94.